The molecule has 2 nitrogen and oxygen atoms in total. The highest BCUT2D eigenvalue weighted by Crippen LogP contribution is 2.36. The summed E-state index contributed by atoms with van der Waals surface area (Å²) >= 11 is 0. The lowest BCUT2D eigenvalue weighted by molar-refractivity contribution is 0.415. The number of ether oxygens (including phenoxy) is 1. The zero-order valence-corrected chi connectivity index (χ0v) is 12.6. The van der Waals surface area contributed by atoms with Gasteiger partial charge in [-0.3, -0.25) is 0 Å². The third-order valence-electron chi connectivity index (χ3n) is 4.17. The van der Waals surface area contributed by atoms with E-state index in [1.807, 2.05) is 30.3 Å². The van der Waals surface area contributed by atoms with Crippen molar-refractivity contribution in [3.05, 3.63) is 65.7 Å². The maximum absolute atomic E-state index is 7.96. The van der Waals surface area contributed by atoms with Crippen molar-refractivity contribution in [2.24, 2.45) is 0 Å². The molecule has 0 aliphatic rings. The molecular weight excluding hydrogens is 282 g/mol. The van der Waals surface area contributed by atoms with Gasteiger partial charge < -0.3 is 9.72 Å². The standard InChI is InChI=1S/C21H19NO/c1-13-6-4-7-14(2)20(13)18-9-5-8-17-16-11-10-15(23-3)12-19(16)22-21(17)18/h4-12,22H,1-3H3/i1D3,2D3. The number of aromatic amines is 1. The van der Waals surface area contributed by atoms with Gasteiger partial charge in [0.05, 0.1) is 18.1 Å². The molecule has 0 unspecified atom stereocenters. The Hall–Kier alpha value is -2.74. The molecule has 0 amide bonds. The molecule has 0 fully saturated rings. The van der Waals surface area contributed by atoms with Crippen LogP contribution in [0.4, 0.5) is 0 Å². The predicted molar refractivity (Wildman–Crippen MR) is 97.3 cm³/mol. The van der Waals surface area contributed by atoms with Gasteiger partial charge in [-0.2, -0.15) is 0 Å². The predicted octanol–water partition coefficient (Wildman–Crippen LogP) is 5.61. The van der Waals surface area contributed by atoms with Crippen LogP contribution in [0.1, 0.15) is 19.4 Å². The lowest BCUT2D eigenvalue weighted by Gasteiger charge is -2.11. The van der Waals surface area contributed by atoms with Crippen LogP contribution >= 0.6 is 0 Å². The molecule has 0 bridgehead atoms. The van der Waals surface area contributed by atoms with Crippen LogP contribution in [0.25, 0.3) is 32.9 Å². The molecule has 3 aromatic carbocycles. The van der Waals surface area contributed by atoms with Gasteiger partial charge in [-0.15, -0.1) is 0 Å². The molecule has 114 valence electrons. The van der Waals surface area contributed by atoms with Crippen molar-refractivity contribution < 1.29 is 13.0 Å². The summed E-state index contributed by atoms with van der Waals surface area (Å²) in [5.41, 5.74) is 2.35. The van der Waals surface area contributed by atoms with E-state index in [4.69, 9.17) is 13.0 Å². The minimum Gasteiger partial charge on any atom is -0.497 e. The fourth-order valence-electron chi connectivity index (χ4n) is 3.09. The van der Waals surface area contributed by atoms with E-state index in [0.29, 0.717) is 16.8 Å². The minimum absolute atomic E-state index is 0.0230. The smallest absolute Gasteiger partial charge is 0.120 e. The summed E-state index contributed by atoms with van der Waals surface area (Å²) in [6.45, 7) is -4.90. The van der Waals surface area contributed by atoms with E-state index >= 15 is 0 Å². The maximum atomic E-state index is 7.96. The molecule has 0 atom stereocenters. The second kappa shape index (κ2) is 5.17. The van der Waals surface area contributed by atoms with Gasteiger partial charge in [0.15, 0.2) is 0 Å². The monoisotopic (exact) mass is 307 g/mol. The van der Waals surface area contributed by atoms with Gasteiger partial charge in [-0.25, -0.2) is 0 Å². The molecule has 0 saturated carbocycles. The maximum Gasteiger partial charge on any atom is 0.120 e. The Kier molecular flexibility index (Phi) is 1.97. The number of rotatable bonds is 2. The Bertz CT molecular complexity index is 1190. The Morgan fingerprint density at radius 1 is 0.913 bits per heavy atom. The minimum atomic E-state index is -2.45. The molecule has 1 heterocycles. The van der Waals surface area contributed by atoms with Crippen LogP contribution in [0.2, 0.25) is 0 Å². The molecule has 0 aliphatic heterocycles. The van der Waals surface area contributed by atoms with E-state index in [9.17, 15) is 0 Å². The van der Waals surface area contributed by atoms with E-state index in [2.05, 4.69) is 4.98 Å². The number of para-hydroxylation sites is 1. The van der Waals surface area contributed by atoms with Gasteiger partial charge in [0.2, 0.25) is 0 Å². The van der Waals surface area contributed by atoms with E-state index in [-0.39, 0.29) is 16.7 Å². The van der Waals surface area contributed by atoms with Crippen LogP contribution in [0.3, 0.4) is 0 Å². The number of nitrogens with one attached hydrogen (secondary N) is 1. The van der Waals surface area contributed by atoms with Crippen molar-refractivity contribution >= 4 is 21.8 Å². The lowest BCUT2D eigenvalue weighted by Crippen LogP contribution is -1.88. The summed E-state index contributed by atoms with van der Waals surface area (Å²) in [5, 5.41) is 1.83. The first-order valence-electron chi connectivity index (χ1n) is 10.3. The number of H-pyrrole nitrogens is 1. The molecule has 2 heteroatoms. The van der Waals surface area contributed by atoms with Gasteiger partial charge in [0, 0.05) is 30.6 Å². The highest BCUT2D eigenvalue weighted by molar-refractivity contribution is 6.12. The van der Waals surface area contributed by atoms with Crippen molar-refractivity contribution in [3.8, 4) is 16.9 Å². The zero-order chi connectivity index (χ0) is 21.0. The number of fused-ring (bicyclic) bond motifs is 3. The number of hydrogen-bond acceptors (Lipinski definition) is 1. The van der Waals surface area contributed by atoms with E-state index in [0.717, 1.165) is 16.3 Å². The first-order chi connectivity index (χ1) is 13.6. The number of benzene rings is 3. The summed E-state index contributed by atoms with van der Waals surface area (Å²) in [5.74, 6) is 0.691. The van der Waals surface area contributed by atoms with E-state index < -0.39 is 13.7 Å². The fraction of sp³-hybridized carbons (Fsp3) is 0.143. The third-order valence-corrected chi connectivity index (χ3v) is 4.17. The van der Waals surface area contributed by atoms with Crippen LogP contribution in [0.5, 0.6) is 5.75 Å². The number of aryl methyl sites for hydroxylation is 2. The molecule has 0 aliphatic carbocycles. The molecular formula is C21H19NO. The summed E-state index contributed by atoms with van der Waals surface area (Å²) in [7, 11) is 1.59. The normalized spacial score (nSPS) is 16.2. The highest BCUT2D eigenvalue weighted by Gasteiger charge is 2.13. The summed E-state index contributed by atoms with van der Waals surface area (Å²) in [6, 6.07) is 15.6. The van der Waals surface area contributed by atoms with Crippen molar-refractivity contribution in [2.45, 2.75) is 13.7 Å². The van der Waals surface area contributed by atoms with Crippen LogP contribution < -0.4 is 4.74 Å². The zero-order valence-electron chi connectivity index (χ0n) is 18.6. The quantitative estimate of drug-likeness (QED) is 0.511. The number of aromatic nitrogens is 1. The second-order valence-electron chi connectivity index (χ2n) is 5.49. The summed E-state index contributed by atoms with van der Waals surface area (Å²) in [6.07, 6.45) is 0. The van der Waals surface area contributed by atoms with E-state index in [1.54, 1.807) is 13.2 Å². The number of hydrogen-bond donors (Lipinski definition) is 1. The van der Waals surface area contributed by atoms with Gasteiger partial charge in [-0.05, 0) is 42.5 Å². The van der Waals surface area contributed by atoms with Gasteiger partial charge in [0.25, 0.3) is 0 Å². The average Bonchev–Trinajstić information content (AvgIpc) is 3.03. The molecule has 1 aromatic heterocycles. The molecule has 0 spiro atoms. The first kappa shape index (κ1) is 8.78. The number of methoxy groups -OCH3 is 1. The molecule has 0 saturated heterocycles. The van der Waals surface area contributed by atoms with Crippen LogP contribution in [0, 0.1) is 13.7 Å². The topological polar surface area (TPSA) is 25.0 Å². The van der Waals surface area contributed by atoms with Crippen LogP contribution in [0.15, 0.2) is 54.6 Å². The van der Waals surface area contributed by atoms with Crippen molar-refractivity contribution in [1.82, 2.24) is 4.98 Å². The fourth-order valence-corrected chi connectivity index (χ4v) is 3.09. The van der Waals surface area contributed by atoms with Crippen LogP contribution in [-0.4, -0.2) is 12.1 Å². The Balaban J connectivity index is 2.12. The Labute approximate surface area is 144 Å². The molecule has 0 radical (unpaired) electrons. The van der Waals surface area contributed by atoms with Crippen molar-refractivity contribution in [1.29, 1.82) is 0 Å². The largest absolute Gasteiger partial charge is 0.497 e. The SMILES string of the molecule is [2H]C([2H])([2H])c1cccc(C([2H])([2H])[2H])c1-c1cccc2c1[nH]c1cc(OC)ccc12. The highest BCUT2D eigenvalue weighted by atomic mass is 16.5. The first-order valence-corrected chi connectivity index (χ1v) is 7.34. The summed E-state index contributed by atoms with van der Waals surface area (Å²) < 4.78 is 53.0. The van der Waals surface area contributed by atoms with Crippen LogP contribution in [-0.2, 0) is 0 Å². The Morgan fingerprint density at radius 3 is 2.43 bits per heavy atom. The van der Waals surface area contributed by atoms with Crippen molar-refractivity contribution in [3.63, 3.8) is 0 Å². The molecule has 23 heavy (non-hydrogen) atoms. The van der Waals surface area contributed by atoms with Crippen molar-refractivity contribution in [2.75, 3.05) is 7.11 Å². The summed E-state index contributed by atoms with van der Waals surface area (Å²) in [4.78, 5) is 3.33. The van der Waals surface area contributed by atoms with Gasteiger partial charge in [0.1, 0.15) is 5.75 Å². The third kappa shape index (κ3) is 2.10. The molecule has 4 rings (SSSR count). The van der Waals surface area contributed by atoms with Gasteiger partial charge in [-0.1, -0.05) is 36.4 Å². The second-order valence-corrected chi connectivity index (χ2v) is 5.49. The Morgan fingerprint density at radius 2 is 1.70 bits per heavy atom. The van der Waals surface area contributed by atoms with Gasteiger partial charge >= 0.3 is 0 Å². The molecule has 1 N–H and O–H groups in total. The average molecular weight is 307 g/mol. The lowest BCUT2D eigenvalue weighted by atomic mass is 9.94. The van der Waals surface area contributed by atoms with E-state index in [1.165, 1.54) is 18.2 Å². The molecule has 4 aromatic rings.